The first-order valence-corrected chi connectivity index (χ1v) is 9.95. The van der Waals surface area contributed by atoms with Gasteiger partial charge in [-0.2, -0.15) is 0 Å². The Hall–Kier alpha value is -1.59. The number of thiophene rings is 1. The summed E-state index contributed by atoms with van der Waals surface area (Å²) in [6.07, 6.45) is 5.60. The molecule has 1 N–H and O–H groups in total. The lowest BCUT2D eigenvalue weighted by molar-refractivity contribution is -0.112. The van der Waals surface area contributed by atoms with Crippen LogP contribution in [0, 0.1) is 11.7 Å². The Labute approximate surface area is 149 Å². The molecule has 0 fully saturated rings. The van der Waals surface area contributed by atoms with Crippen LogP contribution in [-0.4, -0.2) is 5.91 Å². The molecule has 2 aromatic rings. The highest BCUT2D eigenvalue weighted by atomic mass is 32.2. The van der Waals surface area contributed by atoms with Gasteiger partial charge in [-0.15, -0.1) is 23.1 Å². The van der Waals surface area contributed by atoms with E-state index in [9.17, 15) is 9.18 Å². The van der Waals surface area contributed by atoms with Gasteiger partial charge in [0.1, 0.15) is 5.82 Å². The van der Waals surface area contributed by atoms with Crippen LogP contribution in [0.4, 0.5) is 10.1 Å². The number of carbonyl (C=O) groups excluding carboxylic acids is 1. The van der Waals surface area contributed by atoms with Crippen LogP contribution in [0.15, 0.2) is 29.2 Å². The normalized spacial score (nSPS) is 19.2. The average molecular weight is 359 g/mol. The van der Waals surface area contributed by atoms with E-state index in [1.807, 2.05) is 17.4 Å². The minimum atomic E-state index is -0.347. The van der Waals surface area contributed by atoms with E-state index in [0.717, 1.165) is 18.1 Å². The van der Waals surface area contributed by atoms with E-state index < -0.39 is 0 Å². The van der Waals surface area contributed by atoms with E-state index >= 15 is 0 Å². The number of hydrogen-bond donors (Lipinski definition) is 1. The van der Waals surface area contributed by atoms with Gasteiger partial charge in [0.15, 0.2) is 0 Å². The number of halogens is 1. The van der Waals surface area contributed by atoms with Gasteiger partial charge in [-0.3, -0.25) is 4.79 Å². The predicted molar refractivity (Wildman–Crippen MR) is 99.8 cm³/mol. The molecule has 1 aromatic heterocycles. The first-order valence-electron chi connectivity index (χ1n) is 8.15. The highest BCUT2D eigenvalue weighted by molar-refractivity contribution is 8.03. The maximum absolute atomic E-state index is 13.3. The fourth-order valence-electron chi connectivity index (χ4n) is 3.31. The summed E-state index contributed by atoms with van der Waals surface area (Å²) in [6.45, 7) is 2.31. The summed E-state index contributed by atoms with van der Waals surface area (Å²) < 4.78 is 13.3. The molecule has 1 amide bonds. The average Bonchev–Trinajstić information content (AvgIpc) is 2.91. The van der Waals surface area contributed by atoms with Gasteiger partial charge in [-0.25, -0.2) is 4.39 Å². The Kier molecular flexibility index (Phi) is 4.22. The van der Waals surface area contributed by atoms with Crippen molar-refractivity contribution < 1.29 is 9.18 Å². The van der Waals surface area contributed by atoms with Crippen LogP contribution in [0.1, 0.15) is 34.2 Å². The summed E-state index contributed by atoms with van der Waals surface area (Å²) in [6, 6.07) is 6.00. The zero-order chi connectivity index (χ0) is 16.7. The molecule has 0 spiro atoms. The molecule has 24 heavy (non-hydrogen) atoms. The number of thioether (sulfide) groups is 1. The second kappa shape index (κ2) is 6.37. The fraction of sp³-hybridized carbons (Fsp3) is 0.316. The molecule has 0 bridgehead atoms. The summed E-state index contributed by atoms with van der Waals surface area (Å²) >= 11 is 3.42. The van der Waals surface area contributed by atoms with Crippen LogP contribution in [0.5, 0.6) is 0 Å². The van der Waals surface area contributed by atoms with Gasteiger partial charge in [0.25, 0.3) is 5.91 Å². The van der Waals surface area contributed by atoms with E-state index in [-0.39, 0.29) is 11.7 Å². The largest absolute Gasteiger partial charge is 0.321 e. The standard InChI is InChI=1S/C19H18FNOS2/c1-11-5-6-14-15-10-23-18(9-17(15)24-16(14)7-11)19(22)21-13-4-2-3-12(20)8-13/h2-4,8-9,11H,5-7,10H2,1H3,(H,21,22). The zero-order valence-electron chi connectivity index (χ0n) is 13.4. The van der Waals surface area contributed by atoms with Gasteiger partial charge in [0.05, 0.1) is 4.91 Å². The van der Waals surface area contributed by atoms with Crippen molar-refractivity contribution >= 4 is 40.8 Å². The fourth-order valence-corrected chi connectivity index (χ4v) is 5.97. The van der Waals surface area contributed by atoms with Crippen molar-refractivity contribution in [3.05, 3.63) is 55.9 Å². The van der Waals surface area contributed by atoms with Crippen LogP contribution >= 0.6 is 23.1 Å². The molecule has 124 valence electrons. The van der Waals surface area contributed by atoms with Gasteiger partial charge < -0.3 is 5.32 Å². The van der Waals surface area contributed by atoms with Crippen molar-refractivity contribution in [3.63, 3.8) is 0 Å². The number of amides is 1. The SMILES string of the molecule is CC1CCc2c(sc3c2CSC(C(=O)Nc2cccc(F)c2)=C3)C1. The second-order valence-corrected chi connectivity index (χ2v) is 8.61. The molecule has 1 atom stereocenters. The van der Waals surface area contributed by atoms with Crippen LogP contribution < -0.4 is 5.32 Å². The Balaban J connectivity index is 1.57. The first-order chi connectivity index (χ1) is 11.6. The Bertz CT molecular complexity index is 840. The summed E-state index contributed by atoms with van der Waals surface area (Å²) in [5.74, 6) is 1.11. The number of fused-ring (bicyclic) bond motifs is 3. The summed E-state index contributed by atoms with van der Waals surface area (Å²) in [4.78, 5) is 15.9. The highest BCUT2D eigenvalue weighted by Crippen LogP contribution is 2.43. The molecule has 1 aliphatic heterocycles. The third kappa shape index (κ3) is 3.03. The van der Waals surface area contributed by atoms with Crippen LogP contribution in [0.25, 0.3) is 6.08 Å². The third-order valence-corrected chi connectivity index (χ3v) is 6.88. The Morgan fingerprint density at radius 3 is 3.04 bits per heavy atom. The van der Waals surface area contributed by atoms with Crippen molar-refractivity contribution in [3.8, 4) is 0 Å². The lowest BCUT2D eigenvalue weighted by Gasteiger charge is -2.19. The molecular formula is C19H18FNOS2. The lowest BCUT2D eigenvalue weighted by atomic mass is 9.88. The summed E-state index contributed by atoms with van der Waals surface area (Å²) in [5, 5.41) is 2.79. The molecule has 0 radical (unpaired) electrons. The summed E-state index contributed by atoms with van der Waals surface area (Å²) in [5.41, 5.74) is 3.45. The van der Waals surface area contributed by atoms with E-state index in [2.05, 4.69) is 12.2 Å². The van der Waals surface area contributed by atoms with E-state index in [4.69, 9.17) is 0 Å². The molecule has 2 heterocycles. The summed E-state index contributed by atoms with van der Waals surface area (Å²) in [7, 11) is 0. The topological polar surface area (TPSA) is 29.1 Å². The smallest absolute Gasteiger partial charge is 0.262 e. The Morgan fingerprint density at radius 2 is 2.21 bits per heavy atom. The molecule has 0 saturated heterocycles. The Morgan fingerprint density at radius 1 is 1.33 bits per heavy atom. The minimum absolute atomic E-state index is 0.156. The first kappa shape index (κ1) is 15.9. The monoisotopic (exact) mass is 359 g/mol. The van der Waals surface area contributed by atoms with E-state index in [1.165, 1.54) is 45.9 Å². The van der Waals surface area contributed by atoms with Gasteiger partial charge in [-0.05, 0) is 60.6 Å². The molecular weight excluding hydrogens is 341 g/mol. The van der Waals surface area contributed by atoms with E-state index in [0.29, 0.717) is 10.6 Å². The van der Waals surface area contributed by atoms with Crippen LogP contribution in [0.3, 0.4) is 0 Å². The van der Waals surface area contributed by atoms with Gasteiger partial charge >= 0.3 is 0 Å². The maximum Gasteiger partial charge on any atom is 0.262 e. The van der Waals surface area contributed by atoms with E-state index in [1.54, 1.807) is 23.9 Å². The predicted octanol–water partition coefficient (Wildman–Crippen LogP) is 5.24. The molecule has 2 nitrogen and oxygen atoms in total. The number of nitrogens with one attached hydrogen (secondary N) is 1. The molecule has 4 rings (SSSR count). The van der Waals surface area contributed by atoms with Crippen molar-refractivity contribution in [2.75, 3.05) is 5.32 Å². The third-order valence-electron chi connectivity index (χ3n) is 4.59. The van der Waals surface area contributed by atoms with Gasteiger partial charge in [0.2, 0.25) is 0 Å². The van der Waals surface area contributed by atoms with Crippen LogP contribution in [0.2, 0.25) is 0 Å². The zero-order valence-corrected chi connectivity index (χ0v) is 15.0. The van der Waals surface area contributed by atoms with Crippen molar-refractivity contribution in [2.45, 2.75) is 31.9 Å². The lowest BCUT2D eigenvalue weighted by Crippen LogP contribution is -2.14. The number of carbonyl (C=O) groups is 1. The quantitative estimate of drug-likeness (QED) is 0.794. The molecule has 1 aliphatic carbocycles. The van der Waals surface area contributed by atoms with Crippen molar-refractivity contribution in [1.29, 1.82) is 0 Å². The second-order valence-electron chi connectivity index (χ2n) is 6.46. The minimum Gasteiger partial charge on any atom is -0.321 e. The van der Waals surface area contributed by atoms with Gasteiger partial charge in [0, 0.05) is 21.2 Å². The highest BCUT2D eigenvalue weighted by Gasteiger charge is 2.26. The molecule has 5 heteroatoms. The molecule has 1 aromatic carbocycles. The molecule has 0 saturated carbocycles. The number of rotatable bonds is 2. The maximum atomic E-state index is 13.3. The number of anilines is 1. The number of benzene rings is 1. The molecule has 2 aliphatic rings. The van der Waals surface area contributed by atoms with Crippen LogP contribution in [-0.2, 0) is 23.4 Å². The van der Waals surface area contributed by atoms with Crippen molar-refractivity contribution in [2.24, 2.45) is 5.92 Å². The van der Waals surface area contributed by atoms with Crippen molar-refractivity contribution in [1.82, 2.24) is 0 Å². The molecule has 1 unspecified atom stereocenters. The number of hydrogen-bond acceptors (Lipinski definition) is 3. The van der Waals surface area contributed by atoms with Gasteiger partial charge in [-0.1, -0.05) is 13.0 Å².